The third-order valence-electron chi connectivity index (χ3n) is 5.06. The Labute approximate surface area is 119 Å². The summed E-state index contributed by atoms with van der Waals surface area (Å²) in [6.45, 7) is 12.5. The SMILES string of the molecule is CCC(C)N(CC)CC1(CNC2CC2)CCOCC1. The van der Waals surface area contributed by atoms with E-state index in [9.17, 15) is 0 Å². The molecule has 1 saturated carbocycles. The van der Waals surface area contributed by atoms with Crippen LogP contribution < -0.4 is 5.32 Å². The van der Waals surface area contributed by atoms with Crippen LogP contribution in [0.1, 0.15) is 52.9 Å². The topological polar surface area (TPSA) is 24.5 Å². The van der Waals surface area contributed by atoms with E-state index >= 15 is 0 Å². The van der Waals surface area contributed by atoms with Crippen molar-refractivity contribution in [1.82, 2.24) is 10.2 Å². The van der Waals surface area contributed by atoms with Gasteiger partial charge in [-0.3, -0.25) is 0 Å². The highest BCUT2D eigenvalue weighted by molar-refractivity contribution is 4.91. The molecule has 19 heavy (non-hydrogen) atoms. The summed E-state index contributed by atoms with van der Waals surface area (Å²) in [5, 5.41) is 3.77. The van der Waals surface area contributed by atoms with Gasteiger partial charge in [-0.15, -0.1) is 0 Å². The van der Waals surface area contributed by atoms with Crippen molar-refractivity contribution in [3.8, 4) is 0 Å². The molecule has 1 heterocycles. The number of hydrogen-bond donors (Lipinski definition) is 1. The number of ether oxygens (including phenoxy) is 1. The molecule has 1 N–H and O–H groups in total. The van der Waals surface area contributed by atoms with Crippen molar-refractivity contribution in [3.63, 3.8) is 0 Å². The molecule has 1 aliphatic carbocycles. The Hall–Kier alpha value is -0.120. The molecule has 0 aromatic rings. The van der Waals surface area contributed by atoms with E-state index in [1.165, 1.54) is 51.7 Å². The van der Waals surface area contributed by atoms with Crippen LogP contribution in [0.15, 0.2) is 0 Å². The lowest BCUT2D eigenvalue weighted by Crippen LogP contribution is -2.49. The number of nitrogens with zero attached hydrogens (tertiary/aromatic N) is 1. The summed E-state index contributed by atoms with van der Waals surface area (Å²) in [5.41, 5.74) is 0.445. The van der Waals surface area contributed by atoms with Crippen molar-refractivity contribution >= 4 is 0 Å². The molecule has 1 saturated heterocycles. The molecule has 0 spiro atoms. The van der Waals surface area contributed by atoms with Gasteiger partial charge >= 0.3 is 0 Å². The number of rotatable bonds is 8. The van der Waals surface area contributed by atoms with Gasteiger partial charge in [0.05, 0.1) is 0 Å². The van der Waals surface area contributed by atoms with Gasteiger partial charge < -0.3 is 15.0 Å². The van der Waals surface area contributed by atoms with E-state index in [0.717, 1.165) is 19.3 Å². The molecule has 3 nitrogen and oxygen atoms in total. The molecule has 0 amide bonds. The number of nitrogens with one attached hydrogen (secondary N) is 1. The quantitative estimate of drug-likeness (QED) is 0.732. The molecule has 0 radical (unpaired) electrons. The minimum absolute atomic E-state index is 0.445. The highest BCUT2D eigenvalue weighted by Gasteiger charge is 2.36. The van der Waals surface area contributed by atoms with E-state index in [1.807, 2.05) is 0 Å². The molecule has 2 aliphatic rings. The van der Waals surface area contributed by atoms with Crippen molar-refractivity contribution in [3.05, 3.63) is 0 Å². The van der Waals surface area contributed by atoms with Crippen molar-refractivity contribution in [2.75, 3.05) is 32.8 Å². The van der Waals surface area contributed by atoms with Crippen LogP contribution in [-0.4, -0.2) is 49.8 Å². The Bertz CT molecular complexity index is 259. The van der Waals surface area contributed by atoms with E-state index in [1.54, 1.807) is 0 Å². The molecular weight excluding hydrogens is 236 g/mol. The minimum atomic E-state index is 0.445. The highest BCUT2D eigenvalue weighted by atomic mass is 16.5. The van der Waals surface area contributed by atoms with E-state index < -0.39 is 0 Å². The second-order valence-electron chi connectivity index (χ2n) is 6.59. The van der Waals surface area contributed by atoms with Gasteiger partial charge in [-0.25, -0.2) is 0 Å². The lowest BCUT2D eigenvalue weighted by molar-refractivity contribution is -0.0101. The van der Waals surface area contributed by atoms with Gasteiger partial charge in [-0.2, -0.15) is 0 Å². The normalized spacial score (nSPS) is 24.6. The van der Waals surface area contributed by atoms with Crippen molar-refractivity contribution in [2.45, 2.75) is 65.0 Å². The molecule has 2 rings (SSSR count). The summed E-state index contributed by atoms with van der Waals surface area (Å²) in [6, 6.07) is 1.52. The predicted octanol–water partition coefficient (Wildman–Crippen LogP) is 2.66. The van der Waals surface area contributed by atoms with E-state index in [0.29, 0.717) is 11.5 Å². The fraction of sp³-hybridized carbons (Fsp3) is 1.00. The van der Waals surface area contributed by atoms with Crippen molar-refractivity contribution in [1.29, 1.82) is 0 Å². The van der Waals surface area contributed by atoms with Gasteiger partial charge in [0, 0.05) is 38.4 Å². The van der Waals surface area contributed by atoms with Gasteiger partial charge in [0.15, 0.2) is 0 Å². The molecule has 1 unspecified atom stereocenters. The molecule has 1 aliphatic heterocycles. The first kappa shape index (κ1) is 15.3. The van der Waals surface area contributed by atoms with Crippen molar-refractivity contribution < 1.29 is 4.74 Å². The van der Waals surface area contributed by atoms with Gasteiger partial charge in [0.1, 0.15) is 0 Å². The Balaban J connectivity index is 1.94. The monoisotopic (exact) mass is 268 g/mol. The summed E-state index contributed by atoms with van der Waals surface area (Å²) in [7, 11) is 0. The van der Waals surface area contributed by atoms with Gasteiger partial charge in [0.25, 0.3) is 0 Å². The smallest absolute Gasteiger partial charge is 0.0472 e. The Morgan fingerprint density at radius 3 is 2.47 bits per heavy atom. The first-order valence-electron chi connectivity index (χ1n) is 8.24. The minimum Gasteiger partial charge on any atom is -0.381 e. The molecule has 112 valence electrons. The second kappa shape index (κ2) is 7.05. The zero-order valence-electron chi connectivity index (χ0n) is 13.1. The zero-order chi connectivity index (χ0) is 13.7. The molecule has 2 fully saturated rings. The van der Waals surface area contributed by atoms with Gasteiger partial charge in [-0.05, 0) is 51.0 Å². The molecular formula is C16H32N2O. The van der Waals surface area contributed by atoms with Crippen LogP contribution >= 0.6 is 0 Å². The standard InChI is InChI=1S/C16H32N2O/c1-4-14(3)18(5-2)13-16(8-10-19-11-9-16)12-17-15-6-7-15/h14-15,17H,4-13H2,1-3H3. The van der Waals surface area contributed by atoms with Crippen LogP contribution in [0.25, 0.3) is 0 Å². The average molecular weight is 268 g/mol. The first-order valence-corrected chi connectivity index (χ1v) is 8.24. The molecule has 1 atom stereocenters. The van der Waals surface area contributed by atoms with Crippen LogP contribution in [-0.2, 0) is 4.74 Å². The predicted molar refractivity (Wildman–Crippen MR) is 80.5 cm³/mol. The second-order valence-corrected chi connectivity index (χ2v) is 6.59. The van der Waals surface area contributed by atoms with E-state index in [4.69, 9.17) is 4.74 Å². The Morgan fingerprint density at radius 2 is 1.95 bits per heavy atom. The average Bonchev–Trinajstić information content (AvgIpc) is 3.27. The summed E-state index contributed by atoms with van der Waals surface area (Å²) in [4.78, 5) is 2.67. The molecule has 0 aromatic heterocycles. The first-order chi connectivity index (χ1) is 9.19. The van der Waals surface area contributed by atoms with Crippen LogP contribution in [0.3, 0.4) is 0 Å². The zero-order valence-corrected chi connectivity index (χ0v) is 13.1. The fourth-order valence-electron chi connectivity index (χ4n) is 3.11. The van der Waals surface area contributed by atoms with Crippen LogP contribution in [0, 0.1) is 5.41 Å². The number of hydrogen-bond acceptors (Lipinski definition) is 3. The van der Waals surface area contributed by atoms with E-state index in [-0.39, 0.29) is 0 Å². The Morgan fingerprint density at radius 1 is 1.26 bits per heavy atom. The summed E-state index contributed by atoms with van der Waals surface area (Å²) in [6.07, 6.45) is 6.46. The maximum atomic E-state index is 5.60. The highest BCUT2D eigenvalue weighted by Crippen LogP contribution is 2.33. The van der Waals surface area contributed by atoms with Gasteiger partial charge in [-0.1, -0.05) is 13.8 Å². The lowest BCUT2D eigenvalue weighted by Gasteiger charge is -2.43. The van der Waals surface area contributed by atoms with Crippen LogP contribution in [0.4, 0.5) is 0 Å². The largest absolute Gasteiger partial charge is 0.381 e. The summed E-state index contributed by atoms with van der Waals surface area (Å²) < 4.78 is 5.60. The van der Waals surface area contributed by atoms with Crippen LogP contribution in [0.5, 0.6) is 0 Å². The molecule has 0 bridgehead atoms. The van der Waals surface area contributed by atoms with Crippen molar-refractivity contribution in [2.24, 2.45) is 5.41 Å². The van der Waals surface area contributed by atoms with Crippen LogP contribution in [0.2, 0.25) is 0 Å². The fourth-order valence-corrected chi connectivity index (χ4v) is 3.11. The summed E-state index contributed by atoms with van der Waals surface area (Å²) >= 11 is 0. The summed E-state index contributed by atoms with van der Waals surface area (Å²) in [5.74, 6) is 0. The van der Waals surface area contributed by atoms with Gasteiger partial charge in [0.2, 0.25) is 0 Å². The maximum absolute atomic E-state index is 5.60. The third-order valence-corrected chi connectivity index (χ3v) is 5.06. The third kappa shape index (κ3) is 4.44. The molecule has 0 aromatic carbocycles. The molecule has 3 heteroatoms. The lowest BCUT2D eigenvalue weighted by atomic mass is 9.79. The van der Waals surface area contributed by atoms with E-state index in [2.05, 4.69) is 31.0 Å². The Kier molecular flexibility index (Phi) is 5.67. The maximum Gasteiger partial charge on any atom is 0.0472 e.